The van der Waals surface area contributed by atoms with Crippen LogP contribution in [0.4, 0.5) is 11.4 Å². The van der Waals surface area contributed by atoms with Gasteiger partial charge in [0.2, 0.25) is 0 Å². The van der Waals surface area contributed by atoms with E-state index in [0.29, 0.717) is 53.4 Å². The van der Waals surface area contributed by atoms with Crippen molar-refractivity contribution in [3.05, 3.63) is 73.5 Å². The Hall–Kier alpha value is -3.59. The highest BCUT2D eigenvalue weighted by molar-refractivity contribution is 6.31. The summed E-state index contributed by atoms with van der Waals surface area (Å²) in [6.07, 6.45) is 0. The number of piperazine rings is 1. The van der Waals surface area contributed by atoms with Gasteiger partial charge < -0.3 is 19.1 Å². The first-order valence-corrected chi connectivity index (χ1v) is 10.3. The maximum absolute atomic E-state index is 12.9. The lowest BCUT2D eigenvalue weighted by Gasteiger charge is -2.36. The zero-order chi connectivity index (χ0) is 23.0. The number of hydrogen-bond acceptors (Lipinski definition) is 6. The molecule has 1 amide bonds. The SMILES string of the molecule is COc1ccc(C(=O)N2CCN(c3c([N+](=O)[O-])c(=O)n(C)c4ccc(Cl)cc34)CC2)cc1. The quantitative estimate of drug-likeness (QED) is 0.442. The number of aryl methyl sites for hydroxylation is 1. The first-order chi connectivity index (χ1) is 15.3. The van der Waals surface area contributed by atoms with Gasteiger partial charge in [0.1, 0.15) is 11.4 Å². The average Bonchev–Trinajstić information content (AvgIpc) is 2.80. The van der Waals surface area contributed by atoms with E-state index in [1.807, 2.05) is 0 Å². The Labute approximate surface area is 188 Å². The molecule has 9 nitrogen and oxygen atoms in total. The Morgan fingerprint density at radius 3 is 2.34 bits per heavy atom. The number of fused-ring (bicyclic) bond motifs is 1. The van der Waals surface area contributed by atoms with Gasteiger partial charge in [-0.3, -0.25) is 19.7 Å². The van der Waals surface area contributed by atoms with E-state index in [2.05, 4.69) is 0 Å². The van der Waals surface area contributed by atoms with Crippen LogP contribution in [0.3, 0.4) is 0 Å². The molecule has 32 heavy (non-hydrogen) atoms. The number of halogens is 1. The van der Waals surface area contributed by atoms with E-state index in [-0.39, 0.29) is 11.6 Å². The summed E-state index contributed by atoms with van der Waals surface area (Å²) in [6.45, 7) is 1.41. The number of carbonyl (C=O) groups is 1. The molecule has 10 heteroatoms. The molecule has 4 rings (SSSR count). The first kappa shape index (κ1) is 21.6. The Kier molecular flexibility index (Phi) is 5.75. The first-order valence-electron chi connectivity index (χ1n) is 9.96. The second-order valence-corrected chi connectivity index (χ2v) is 7.92. The number of aromatic nitrogens is 1. The maximum Gasteiger partial charge on any atom is 0.357 e. The van der Waals surface area contributed by atoms with Crippen molar-refractivity contribution in [2.75, 3.05) is 38.2 Å². The minimum absolute atomic E-state index is 0.126. The number of nitro groups is 1. The van der Waals surface area contributed by atoms with Crippen molar-refractivity contribution in [3.63, 3.8) is 0 Å². The van der Waals surface area contributed by atoms with E-state index < -0.39 is 16.2 Å². The van der Waals surface area contributed by atoms with E-state index in [1.165, 1.54) is 11.6 Å². The third kappa shape index (κ3) is 3.75. The number of ether oxygens (including phenoxy) is 1. The van der Waals surface area contributed by atoms with Crippen LogP contribution in [0.2, 0.25) is 5.02 Å². The summed E-state index contributed by atoms with van der Waals surface area (Å²) < 4.78 is 6.39. The molecule has 2 aromatic carbocycles. The Bertz CT molecular complexity index is 1260. The summed E-state index contributed by atoms with van der Waals surface area (Å²) in [7, 11) is 3.06. The number of methoxy groups -OCH3 is 1. The second-order valence-electron chi connectivity index (χ2n) is 7.49. The fraction of sp³-hybridized carbons (Fsp3) is 0.273. The van der Waals surface area contributed by atoms with Crippen LogP contribution in [0, 0.1) is 10.1 Å². The zero-order valence-electron chi connectivity index (χ0n) is 17.6. The Morgan fingerprint density at radius 2 is 1.75 bits per heavy atom. The van der Waals surface area contributed by atoms with Gasteiger partial charge in [0, 0.05) is 49.2 Å². The molecule has 166 valence electrons. The molecular weight excluding hydrogens is 436 g/mol. The number of benzene rings is 2. The molecule has 0 unspecified atom stereocenters. The Morgan fingerprint density at radius 1 is 1.09 bits per heavy atom. The van der Waals surface area contributed by atoms with Crippen molar-refractivity contribution in [1.29, 1.82) is 0 Å². The molecule has 1 aromatic heterocycles. The smallest absolute Gasteiger partial charge is 0.357 e. The second kappa shape index (κ2) is 8.51. The van der Waals surface area contributed by atoms with Gasteiger partial charge in [-0.1, -0.05) is 11.6 Å². The molecule has 2 heterocycles. The average molecular weight is 457 g/mol. The molecule has 3 aromatic rings. The van der Waals surface area contributed by atoms with Gasteiger partial charge in [-0.15, -0.1) is 0 Å². The molecule has 1 fully saturated rings. The third-order valence-corrected chi connectivity index (χ3v) is 5.94. The number of carbonyl (C=O) groups excluding carboxylic acids is 1. The van der Waals surface area contributed by atoms with Crippen molar-refractivity contribution >= 4 is 39.8 Å². The maximum atomic E-state index is 12.9. The number of hydrogen-bond donors (Lipinski definition) is 0. The molecular formula is C22H21ClN4O5. The highest BCUT2D eigenvalue weighted by atomic mass is 35.5. The van der Waals surface area contributed by atoms with Gasteiger partial charge in [-0.2, -0.15) is 0 Å². The predicted molar refractivity (Wildman–Crippen MR) is 122 cm³/mol. The van der Waals surface area contributed by atoms with Gasteiger partial charge in [-0.05, 0) is 42.5 Å². The molecule has 0 bridgehead atoms. The monoisotopic (exact) mass is 456 g/mol. The van der Waals surface area contributed by atoms with Crippen LogP contribution in [0.25, 0.3) is 10.9 Å². The summed E-state index contributed by atoms with van der Waals surface area (Å²) in [5.74, 6) is 0.536. The van der Waals surface area contributed by atoms with Crippen molar-refractivity contribution in [2.45, 2.75) is 0 Å². The topological polar surface area (TPSA) is 97.9 Å². The lowest BCUT2D eigenvalue weighted by Crippen LogP contribution is -2.49. The normalized spacial score (nSPS) is 14.0. The van der Waals surface area contributed by atoms with E-state index >= 15 is 0 Å². The van der Waals surface area contributed by atoms with Gasteiger partial charge in [0.15, 0.2) is 0 Å². The van der Waals surface area contributed by atoms with Crippen LogP contribution in [0.15, 0.2) is 47.3 Å². The van der Waals surface area contributed by atoms with Gasteiger partial charge in [0.05, 0.1) is 17.5 Å². The number of nitrogens with zero attached hydrogens (tertiary/aromatic N) is 4. The van der Waals surface area contributed by atoms with Crippen LogP contribution in [-0.4, -0.2) is 53.6 Å². The molecule has 0 radical (unpaired) electrons. The van der Waals surface area contributed by atoms with Gasteiger partial charge in [0.25, 0.3) is 5.91 Å². The summed E-state index contributed by atoms with van der Waals surface area (Å²) in [5.41, 5.74) is 0.161. The number of amides is 1. The van der Waals surface area contributed by atoms with E-state index in [1.54, 1.807) is 59.4 Å². The number of pyridine rings is 1. The molecule has 0 atom stereocenters. The lowest BCUT2D eigenvalue weighted by molar-refractivity contribution is -0.385. The highest BCUT2D eigenvalue weighted by Crippen LogP contribution is 2.35. The van der Waals surface area contributed by atoms with E-state index in [9.17, 15) is 19.7 Å². The Balaban J connectivity index is 1.66. The van der Waals surface area contributed by atoms with Crippen molar-refractivity contribution in [3.8, 4) is 5.75 Å². The van der Waals surface area contributed by atoms with Crippen molar-refractivity contribution in [2.24, 2.45) is 7.05 Å². The highest BCUT2D eigenvalue weighted by Gasteiger charge is 2.31. The molecule has 0 N–H and O–H groups in total. The predicted octanol–water partition coefficient (Wildman–Crippen LogP) is 3.07. The third-order valence-electron chi connectivity index (χ3n) is 5.71. The molecule has 1 aliphatic heterocycles. The molecule has 1 saturated heterocycles. The van der Waals surface area contributed by atoms with Crippen LogP contribution in [-0.2, 0) is 7.05 Å². The largest absolute Gasteiger partial charge is 0.497 e. The van der Waals surface area contributed by atoms with E-state index in [0.717, 1.165) is 0 Å². The van der Waals surface area contributed by atoms with Gasteiger partial charge in [-0.25, -0.2) is 0 Å². The molecule has 1 aliphatic rings. The van der Waals surface area contributed by atoms with Gasteiger partial charge >= 0.3 is 11.2 Å². The van der Waals surface area contributed by atoms with Crippen LogP contribution in [0.1, 0.15) is 10.4 Å². The zero-order valence-corrected chi connectivity index (χ0v) is 18.3. The fourth-order valence-electron chi connectivity index (χ4n) is 4.02. The van der Waals surface area contributed by atoms with Crippen LogP contribution < -0.4 is 15.2 Å². The molecule has 0 aliphatic carbocycles. The summed E-state index contributed by atoms with van der Waals surface area (Å²) in [6, 6.07) is 11.8. The molecule has 0 spiro atoms. The van der Waals surface area contributed by atoms with E-state index in [4.69, 9.17) is 16.3 Å². The lowest BCUT2D eigenvalue weighted by atomic mass is 10.1. The summed E-state index contributed by atoms with van der Waals surface area (Å²) >= 11 is 6.17. The van der Waals surface area contributed by atoms with Crippen molar-refractivity contribution < 1.29 is 14.5 Å². The minimum Gasteiger partial charge on any atom is -0.497 e. The number of rotatable bonds is 4. The summed E-state index contributed by atoms with van der Waals surface area (Å²) in [4.78, 5) is 40.3. The minimum atomic E-state index is -0.684. The van der Waals surface area contributed by atoms with Crippen LogP contribution >= 0.6 is 11.6 Å². The summed E-state index contributed by atoms with van der Waals surface area (Å²) in [5, 5.41) is 12.8. The fourth-order valence-corrected chi connectivity index (χ4v) is 4.19. The standard InChI is InChI=1S/C22H21ClN4O5/c1-24-18-8-5-15(23)13-17(18)19(20(22(24)29)27(30)31)25-9-11-26(12-10-25)21(28)14-3-6-16(32-2)7-4-14/h3-8,13H,9-12H2,1-2H3. The number of anilines is 1. The van der Waals surface area contributed by atoms with Crippen molar-refractivity contribution in [1.82, 2.24) is 9.47 Å². The van der Waals surface area contributed by atoms with Crippen LogP contribution in [0.5, 0.6) is 5.75 Å². The molecule has 0 saturated carbocycles.